The molecule has 1 aromatic carbocycles. The molecule has 2 atom stereocenters. The second-order valence-corrected chi connectivity index (χ2v) is 7.94. The van der Waals surface area contributed by atoms with E-state index in [2.05, 4.69) is 15.9 Å². The maximum atomic E-state index is 10.7. The Kier molecular flexibility index (Phi) is 4.75. The lowest BCUT2D eigenvalue weighted by atomic mass is 9.78. The number of rotatable bonds is 2. The van der Waals surface area contributed by atoms with Crippen LogP contribution in [0.5, 0.6) is 0 Å². The summed E-state index contributed by atoms with van der Waals surface area (Å²) in [6, 6.07) is 8.01. The predicted molar refractivity (Wildman–Crippen MR) is 87.1 cm³/mol. The van der Waals surface area contributed by atoms with Crippen molar-refractivity contribution in [3.05, 3.63) is 34.3 Å². The average molecular weight is 357 g/mol. The van der Waals surface area contributed by atoms with Crippen molar-refractivity contribution >= 4 is 27.7 Å². The van der Waals surface area contributed by atoms with Crippen LogP contribution in [-0.4, -0.2) is 28.8 Å². The molecule has 20 heavy (non-hydrogen) atoms. The maximum Gasteiger partial charge on any atom is 0.0831 e. The number of aliphatic hydroxyl groups excluding tert-OH is 1. The van der Waals surface area contributed by atoms with Crippen molar-refractivity contribution in [2.75, 3.05) is 18.1 Å². The van der Waals surface area contributed by atoms with Gasteiger partial charge in [-0.25, -0.2) is 0 Å². The van der Waals surface area contributed by atoms with Crippen LogP contribution >= 0.6 is 27.7 Å². The summed E-state index contributed by atoms with van der Waals surface area (Å²) in [5.74, 6) is 2.70. The highest BCUT2D eigenvalue weighted by Gasteiger charge is 2.41. The third-order valence-electron chi connectivity index (χ3n) is 4.61. The summed E-state index contributed by atoms with van der Waals surface area (Å²) < 4.78 is 7.12. The first-order chi connectivity index (χ1) is 9.70. The Morgan fingerprint density at radius 3 is 2.80 bits per heavy atom. The molecule has 2 nitrogen and oxygen atoms in total. The number of aliphatic hydroxyl groups is 1. The van der Waals surface area contributed by atoms with Crippen molar-refractivity contribution in [1.29, 1.82) is 0 Å². The van der Waals surface area contributed by atoms with Gasteiger partial charge >= 0.3 is 0 Å². The van der Waals surface area contributed by atoms with Gasteiger partial charge in [0.2, 0.25) is 0 Å². The molecule has 2 unspecified atom stereocenters. The zero-order valence-corrected chi connectivity index (χ0v) is 14.0. The highest BCUT2D eigenvalue weighted by atomic mass is 79.9. The molecule has 2 fully saturated rings. The Balaban J connectivity index is 1.75. The van der Waals surface area contributed by atoms with Gasteiger partial charge in [0.05, 0.1) is 11.7 Å². The molecule has 0 saturated carbocycles. The minimum Gasteiger partial charge on any atom is -0.388 e. The summed E-state index contributed by atoms with van der Waals surface area (Å²) in [5, 5.41) is 10.7. The van der Waals surface area contributed by atoms with E-state index in [1.54, 1.807) is 0 Å². The minimum absolute atomic E-state index is 0.0381. The Morgan fingerprint density at radius 2 is 2.05 bits per heavy atom. The van der Waals surface area contributed by atoms with Crippen LogP contribution in [0.25, 0.3) is 0 Å². The SMILES string of the molecule is OC(c1ccccc1Br)C1CCOC2(CCSCC2)C1. The third-order valence-corrected chi connectivity index (χ3v) is 6.31. The van der Waals surface area contributed by atoms with Crippen molar-refractivity contribution in [2.24, 2.45) is 5.92 Å². The van der Waals surface area contributed by atoms with E-state index in [1.807, 2.05) is 36.0 Å². The molecule has 1 spiro atoms. The van der Waals surface area contributed by atoms with E-state index in [0.29, 0.717) is 5.92 Å². The molecular weight excluding hydrogens is 336 g/mol. The quantitative estimate of drug-likeness (QED) is 0.861. The number of ether oxygens (including phenoxy) is 1. The van der Waals surface area contributed by atoms with Gasteiger partial charge in [0.15, 0.2) is 0 Å². The van der Waals surface area contributed by atoms with Crippen LogP contribution in [0, 0.1) is 5.92 Å². The Hall–Kier alpha value is -0.0300. The fourth-order valence-corrected chi connectivity index (χ4v) is 5.15. The van der Waals surface area contributed by atoms with Gasteiger partial charge in [0.25, 0.3) is 0 Å². The van der Waals surface area contributed by atoms with Crippen LogP contribution in [-0.2, 0) is 4.74 Å². The molecule has 0 bridgehead atoms. The first kappa shape index (κ1) is 14.9. The standard InChI is InChI=1S/C16H21BrO2S/c17-14-4-2-1-3-13(14)15(18)12-5-8-19-16(11-12)6-9-20-10-7-16/h1-4,12,15,18H,5-11H2. The normalized spacial score (nSPS) is 27.4. The first-order valence-corrected chi connectivity index (χ1v) is 9.29. The zero-order valence-electron chi connectivity index (χ0n) is 11.6. The monoisotopic (exact) mass is 356 g/mol. The largest absolute Gasteiger partial charge is 0.388 e. The molecule has 2 aliphatic heterocycles. The summed E-state index contributed by atoms with van der Waals surface area (Å²) in [6.45, 7) is 0.789. The van der Waals surface area contributed by atoms with Crippen molar-refractivity contribution in [2.45, 2.75) is 37.4 Å². The first-order valence-electron chi connectivity index (χ1n) is 7.34. The average Bonchev–Trinajstić information content (AvgIpc) is 2.48. The molecule has 0 aromatic heterocycles. The second kappa shape index (κ2) is 6.39. The minimum atomic E-state index is -0.388. The summed E-state index contributed by atoms with van der Waals surface area (Å²) in [5.41, 5.74) is 1.05. The fourth-order valence-electron chi connectivity index (χ4n) is 3.40. The highest BCUT2D eigenvalue weighted by Crippen LogP contribution is 2.44. The van der Waals surface area contributed by atoms with Gasteiger partial charge in [0, 0.05) is 11.1 Å². The number of thioether (sulfide) groups is 1. The van der Waals surface area contributed by atoms with Crippen molar-refractivity contribution in [3.8, 4) is 0 Å². The summed E-state index contributed by atoms with van der Waals surface area (Å²) in [6.07, 6.45) is 3.84. The summed E-state index contributed by atoms with van der Waals surface area (Å²) >= 11 is 5.58. The molecule has 0 radical (unpaired) electrons. The van der Waals surface area contributed by atoms with Gasteiger partial charge in [-0.1, -0.05) is 34.1 Å². The van der Waals surface area contributed by atoms with Crippen LogP contribution in [0.3, 0.4) is 0 Å². The van der Waals surface area contributed by atoms with Crippen LogP contribution < -0.4 is 0 Å². The Morgan fingerprint density at radius 1 is 1.30 bits per heavy atom. The van der Waals surface area contributed by atoms with Crippen LogP contribution in [0.1, 0.15) is 37.4 Å². The van der Waals surface area contributed by atoms with Crippen LogP contribution in [0.15, 0.2) is 28.7 Å². The van der Waals surface area contributed by atoms with Gasteiger partial charge in [-0.15, -0.1) is 0 Å². The van der Waals surface area contributed by atoms with Gasteiger partial charge in [0.1, 0.15) is 0 Å². The predicted octanol–water partition coefficient (Wildman–Crippen LogP) is 4.17. The van der Waals surface area contributed by atoms with E-state index in [4.69, 9.17) is 4.74 Å². The van der Waals surface area contributed by atoms with Crippen LogP contribution in [0.2, 0.25) is 0 Å². The molecule has 4 heteroatoms. The number of halogens is 1. The van der Waals surface area contributed by atoms with E-state index in [9.17, 15) is 5.11 Å². The van der Waals surface area contributed by atoms with E-state index >= 15 is 0 Å². The van der Waals surface area contributed by atoms with Gasteiger partial charge < -0.3 is 9.84 Å². The molecule has 2 saturated heterocycles. The fraction of sp³-hybridized carbons (Fsp3) is 0.625. The maximum absolute atomic E-state index is 10.7. The lowest BCUT2D eigenvalue weighted by Gasteiger charge is -2.44. The number of benzene rings is 1. The molecule has 110 valence electrons. The van der Waals surface area contributed by atoms with Crippen molar-refractivity contribution in [3.63, 3.8) is 0 Å². The molecule has 1 aromatic rings. The smallest absolute Gasteiger partial charge is 0.0831 e. The van der Waals surface area contributed by atoms with Crippen molar-refractivity contribution < 1.29 is 9.84 Å². The molecule has 2 aliphatic rings. The Bertz CT molecular complexity index is 454. The van der Waals surface area contributed by atoms with Gasteiger partial charge in [-0.2, -0.15) is 11.8 Å². The van der Waals surface area contributed by atoms with E-state index < -0.39 is 0 Å². The topological polar surface area (TPSA) is 29.5 Å². The molecule has 0 amide bonds. The Labute approximate surface area is 133 Å². The molecule has 2 heterocycles. The molecule has 1 N–H and O–H groups in total. The number of hydrogen-bond donors (Lipinski definition) is 1. The van der Waals surface area contributed by atoms with E-state index in [0.717, 1.165) is 42.3 Å². The van der Waals surface area contributed by atoms with Gasteiger partial charge in [-0.3, -0.25) is 0 Å². The number of hydrogen-bond acceptors (Lipinski definition) is 3. The van der Waals surface area contributed by atoms with Gasteiger partial charge in [-0.05, 0) is 54.7 Å². The molecular formula is C16H21BrO2S. The molecule has 3 rings (SSSR count). The van der Waals surface area contributed by atoms with E-state index in [1.165, 1.54) is 11.5 Å². The lowest BCUT2D eigenvalue weighted by Crippen LogP contribution is -2.44. The third kappa shape index (κ3) is 3.08. The summed E-state index contributed by atoms with van der Waals surface area (Å²) in [4.78, 5) is 0. The van der Waals surface area contributed by atoms with Crippen molar-refractivity contribution in [1.82, 2.24) is 0 Å². The lowest BCUT2D eigenvalue weighted by molar-refractivity contribution is -0.121. The second-order valence-electron chi connectivity index (χ2n) is 5.86. The summed E-state index contributed by atoms with van der Waals surface area (Å²) in [7, 11) is 0. The highest BCUT2D eigenvalue weighted by molar-refractivity contribution is 9.10. The van der Waals surface area contributed by atoms with E-state index in [-0.39, 0.29) is 11.7 Å². The van der Waals surface area contributed by atoms with Crippen LogP contribution in [0.4, 0.5) is 0 Å². The molecule has 0 aliphatic carbocycles. The zero-order chi connectivity index (χ0) is 14.0.